The zero-order chi connectivity index (χ0) is 22.0. The largest absolute Gasteiger partial charge is 0.460 e. The van der Waals surface area contributed by atoms with E-state index in [2.05, 4.69) is 0 Å². The predicted octanol–water partition coefficient (Wildman–Crippen LogP) is -2.98. The average molecular weight is 426 g/mol. The summed E-state index contributed by atoms with van der Waals surface area (Å²) < 4.78 is 11.2. The van der Waals surface area contributed by atoms with Crippen molar-refractivity contribution in [3.8, 4) is 0 Å². The lowest BCUT2D eigenvalue weighted by Gasteiger charge is -2.70. The molecule has 5 rings (SSSR count). The minimum Gasteiger partial charge on any atom is -0.460 e. The molecule has 0 amide bonds. The fourth-order valence-electron chi connectivity index (χ4n) is 7.64. The van der Waals surface area contributed by atoms with Gasteiger partial charge in [-0.1, -0.05) is 12.5 Å². The fraction of sp³-hybridized carbons (Fsp3) is 0.800. The second-order valence-corrected chi connectivity index (χ2v) is 9.73. The van der Waals surface area contributed by atoms with E-state index in [0.29, 0.717) is 5.57 Å². The summed E-state index contributed by atoms with van der Waals surface area (Å²) in [6.45, 7) is 1.96. The number of fused-ring (bicyclic) bond motifs is 2. The standard InChI is InChI=1S/C20H26O10/c1-7-3-9(22)13(24)17(2)8(7)4-10-18-6-29-19(5-21,14(25)11(23)12(17)18)20(18,28)15(26)16(27)30-10/h3,8,10-15,21,23-26,28H,4-6H2,1-2H3/t8-,10+,11+,12-,13+,14+,15+,17-,18+,19+,20-/m1/s1. The van der Waals surface area contributed by atoms with Gasteiger partial charge in [0.25, 0.3) is 0 Å². The molecule has 0 radical (unpaired) electrons. The number of hydrogen-bond donors (Lipinski definition) is 6. The third kappa shape index (κ3) is 1.72. The quantitative estimate of drug-likeness (QED) is 0.237. The van der Waals surface area contributed by atoms with Gasteiger partial charge >= 0.3 is 5.97 Å². The van der Waals surface area contributed by atoms with Gasteiger partial charge in [0.05, 0.1) is 24.7 Å². The Hall–Kier alpha value is -1.40. The maximum Gasteiger partial charge on any atom is 0.338 e. The summed E-state index contributed by atoms with van der Waals surface area (Å²) in [5.41, 5.74) is -7.15. The van der Waals surface area contributed by atoms with Crippen LogP contribution in [0.4, 0.5) is 0 Å². The average Bonchev–Trinajstić information content (AvgIpc) is 2.91. The number of ether oxygens (including phenoxy) is 2. The number of rotatable bonds is 1. The molecule has 10 heteroatoms. The maximum absolute atomic E-state index is 12.6. The first-order valence-corrected chi connectivity index (χ1v) is 10.1. The van der Waals surface area contributed by atoms with Crippen LogP contribution in [0, 0.1) is 22.7 Å². The molecule has 1 spiro atoms. The van der Waals surface area contributed by atoms with E-state index in [1.54, 1.807) is 13.8 Å². The fourth-order valence-corrected chi connectivity index (χ4v) is 7.64. The van der Waals surface area contributed by atoms with Crippen molar-refractivity contribution in [2.24, 2.45) is 22.7 Å². The molecule has 2 bridgehead atoms. The first-order valence-electron chi connectivity index (χ1n) is 10.1. The SMILES string of the molecule is CC1=CC(=O)[C@H](O)[C@]2(C)[C@@H]1C[C@@H]1OC(=O)[C@H](O)[C@@]3(O)[C@@]14CO[C@@]3(CO)[C@@H](O)[C@@H](O)[C@H]24. The number of aliphatic hydroxyl groups is 6. The topological polar surface area (TPSA) is 174 Å². The number of allylic oxidation sites excluding steroid dienone is 1. The molecule has 2 saturated heterocycles. The van der Waals surface area contributed by atoms with Gasteiger partial charge in [-0.25, -0.2) is 4.79 Å². The van der Waals surface area contributed by atoms with E-state index in [9.17, 15) is 40.2 Å². The van der Waals surface area contributed by atoms with Crippen LogP contribution in [0.25, 0.3) is 0 Å². The molecule has 2 saturated carbocycles. The summed E-state index contributed by atoms with van der Waals surface area (Å²) in [4.78, 5) is 25.1. The summed E-state index contributed by atoms with van der Waals surface area (Å²) in [5.74, 6) is -3.40. The van der Waals surface area contributed by atoms with Gasteiger partial charge in [0, 0.05) is 11.3 Å². The van der Waals surface area contributed by atoms with E-state index in [-0.39, 0.29) is 13.0 Å². The van der Waals surface area contributed by atoms with Crippen molar-refractivity contribution in [1.29, 1.82) is 0 Å². The Balaban J connectivity index is 1.83. The Morgan fingerprint density at radius 2 is 1.83 bits per heavy atom. The molecule has 6 N–H and O–H groups in total. The molecule has 166 valence electrons. The van der Waals surface area contributed by atoms with Crippen molar-refractivity contribution in [2.45, 2.75) is 62.0 Å². The van der Waals surface area contributed by atoms with Gasteiger partial charge in [-0.3, -0.25) is 4.79 Å². The molecule has 30 heavy (non-hydrogen) atoms. The lowest BCUT2D eigenvalue weighted by atomic mass is 9.36. The summed E-state index contributed by atoms with van der Waals surface area (Å²) in [5, 5.41) is 66.0. The van der Waals surface area contributed by atoms with Crippen molar-refractivity contribution >= 4 is 11.8 Å². The van der Waals surface area contributed by atoms with Crippen molar-refractivity contribution in [3.05, 3.63) is 11.6 Å². The van der Waals surface area contributed by atoms with Crippen molar-refractivity contribution < 1.29 is 49.7 Å². The first-order chi connectivity index (χ1) is 13.9. The molecule has 0 unspecified atom stereocenters. The van der Waals surface area contributed by atoms with E-state index in [1.807, 2.05) is 0 Å². The van der Waals surface area contributed by atoms with Gasteiger partial charge < -0.3 is 40.1 Å². The van der Waals surface area contributed by atoms with E-state index in [4.69, 9.17) is 9.47 Å². The molecular formula is C20H26O10. The highest BCUT2D eigenvalue weighted by molar-refractivity contribution is 5.96. The zero-order valence-corrected chi connectivity index (χ0v) is 16.6. The van der Waals surface area contributed by atoms with Crippen molar-refractivity contribution in [3.63, 3.8) is 0 Å². The van der Waals surface area contributed by atoms with Crippen LogP contribution < -0.4 is 0 Å². The van der Waals surface area contributed by atoms with Crippen LogP contribution in [-0.2, 0) is 19.1 Å². The molecular weight excluding hydrogens is 400 g/mol. The van der Waals surface area contributed by atoms with E-state index >= 15 is 0 Å². The lowest BCUT2D eigenvalue weighted by molar-refractivity contribution is -0.357. The van der Waals surface area contributed by atoms with E-state index in [0.717, 1.165) is 0 Å². The molecule has 0 aromatic heterocycles. The first kappa shape index (κ1) is 20.5. The Labute approximate surface area is 171 Å². The molecule has 5 aliphatic rings. The highest BCUT2D eigenvalue weighted by atomic mass is 16.6. The predicted molar refractivity (Wildman–Crippen MR) is 95.5 cm³/mol. The van der Waals surface area contributed by atoms with Crippen LogP contribution in [0.1, 0.15) is 20.3 Å². The third-order valence-corrected chi connectivity index (χ3v) is 8.96. The molecule has 4 fully saturated rings. The zero-order valence-electron chi connectivity index (χ0n) is 16.6. The summed E-state index contributed by atoms with van der Waals surface area (Å²) in [6.07, 6.45) is -6.90. The van der Waals surface area contributed by atoms with Crippen LogP contribution in [0.5, 0.6) is 0 Å². The van der Waals surface area contributed by atoms with Crippen LogP contribution in [0.3, 0.4) is 0 Å². The van der Waals surface area contributed by atoms with Crippen molar-refractivity contribution in [2.75, 3.05) is 13.2 Å². The summed E-state index contributed by atoms with van der Waals surface area (Å²) >= 11 is 0. The van der Waals surface area contributed by atoms with Gasteiger partial charge in [0.15, 0.2) is 17.5 Å². The molecule has 0 aromatic rings. The van der Waals surface area contributed by atoms with Gasteiger partial charge in [0.2, 0.25) is 0 Å². The molecule has 2 aliphatic heterocycles. The van der Waals surface area contributed by atoms with Crippen LogP contribution in [0.2, 0.25) is 0 Å². The minimum absolute atomic E-state index is 0.105. The van der Waals surface area contributed by atoms with Crippen LogP contribution >= 0.6 is 0 Å². The van der Waals surface area contributed by atoms with Crippen LogP contribution in [0.15, 0.2) is 11.6 Å². The van der Waals surface area contributed by atoms with Gasteiger partial charge in [-0.05, 0) is 25.3 Å². The van der Waals surface area contributed by atoms with E-state index in [1.165, 1.54) is 6.08 Å². The number of carbonyl (C=O) groups excluding carboxylic acids is 2. The number of ketones is 1. The van der Waals surface area contributed by atoms with Gasteiger partial charge in [-0.15, -0.1) is 0 Å². The lowest BCUT2D eigenvalue weighted by Crippen LogP contribution is -2.87. The van der Waals surface area contributed by atoms with Gasteiger partial charge in [-0.2, -0.15) is 0 Å². The van der Waals surface area contributed by atoms with Crippen LogP contribution in [-0.4, -0.2) is 97.3 Å². The molecule has 0 aromatic carbocycles. The van der Waals surface area contributed by atoms with Gasteiger partial charge in [0.1, 0.15) is 23.9 Å². The maximum atomic E-state index is 12.6. The smallest absolute Gasteiger partial charge is 0.338 e. The van der Waals surface area contributed by atoms with E-state index < -0.39 is 82.7 Å². The Bertz CT molecular complexity index is 872. The minimum atomic E-state index is -2.51. The molecule has 10 nitrogen and oxygen atoms in total. The molecule has 2 heterocycles. The molecule has 3 aliphatic carbocycles. The summed E-state index contributed by atoms with van der Waals surface area (Å²) in [7, 11) is 0. The normalized spacial score (nSPS) is 59.2. The third-order valence-electron chi connectivity index (χ3n) is 8.96. The number of carbonyl (C=O) groups is 2. The Kier molecular flexibility index (Phi) is 3.89. The second kappa shape index (κ2) is 5.69. The summed E-state index contributed by atoms with van der Waals surface area (Å²) in [6, 6.07) is 0. The Morgan fingerprint density at radius 3 is 2.47 bits per heavy atom. The number of esters is 1. The second-order valence-electron chi connectivity index (χ2n) is 9.73. The highest BCUT2D eigenvalue weighted by Crippen LogP contribution is 2.73. The molecule has 11 atom stereocenters. The van der Waals surface area contributed by atoms with Crippen molar-refractivity contribution in [1.82, 2.24) is 0 Å². The highest BCUT2D eigenvalue weighted by Gasteiger charge is 2.89. The monoisotopic (exact) mass is 426 g/mol. The Morgan fingerprint density at radius 1 is 1.17 bits per heavy atom. The number of hydrogen-bond acceptors (Lipinski definition) is 10. The number of aliphatic hydroxyl groups excluding tert-OH is 5.